The Morgan fingerprint density at radius 2 is 1.81 bits per heavy atom. The quantitative estimate of drug-likeness (QED) is 0.844. The van der Waals surface area contributed by atoms with Gasteiger partial charge in [-0.15, -0.1) is 0 Å². The van der Waals surface area contributed by atoms with Crippen LogP contribution < -0.4 is 20.1 Å². The number of anilines is 1. The van der Waals surface area contributed by atoms with E-state index in [1.54, 1.807) is 20.3 Å². The maximum absolute atomic E-state index is 10.9. The van der Waals surface area contributed by atoms with Crippen LogP contribution >= 0.6 is 0 Å². The topological polar surface area (TPSA) is 64.8 Å². The molecule has 1 amide bonds. The lowest BCUT2D eigenvalue weighted by Crippen LogP contribution is -2.29. The first-order chi connectivity index (χ1) is 10.2. The number of nitrogens with zero attached hydrogens (tertiary/aromatic N) is 1. The summed E-state index contributed by atoms with van der Waals surface area (Å²) in [6.07, 6.45) is 6.61. The third-order valence-electron chi connectivity index (χ3n) is 3.66. The second kappa shape index (κ2) is 7.02. The standard InChI is InChI=1S/C16H22N2O3/c1-20-14-11-13(18-8-4-3-5-9-18)15(21-2)10-12(14)6-7-16(17)19/h6-7,10-11H,3-5,8-9H2,1-2H3,(H2,17,19)/b7-6+. The van der Waals surface area contributed by atoms with E-state index in [2.05, 4.69) is 4.90 Å². The minimum atomic E-state index is -0.490. The van der Waals surface area contributed by atoms with Crippen LogP contribution in [0.3, 0.4) is 0 Å². The SMILES string of the molecule is COc1cc(N2CCCCC2)c(OC)cc1/C=C/C(N)=O. The number of carbonyl (C=O) groups is 1. The van der Waals surface area contributed by atoms with Crippen molar-refractivity contribution < 1.29 is 14.3 Å². The van der Waals surface area contributed by atoms with Gasteiger partial charge in [0, 0.05) is 30.8 Å². The van der Waals surface area contributed by atoms with E-state index in [4.69, 9.17) is 15.2 Å². The first kappa shape index (κ1) is 15.2. The van der Waals surface area contributed by atoms with E-state index in [9.17, 15) is 4.79 Å². The second-order valence-corrected chi connectivity index (χ2v) is 5.05. The Bertz CT molecular complexity index is 535. The summed E-state index contributed by atoms with van der Waals surface area (Å²) in [5.74, 6) is 0.992. The van der Waals surface area contributed by atoms with Gasteiger partial charge < -0.3 is 20.1 Å². The fourth-order valence-corrected chi connectivity index (χ4v) is 2.59. The van der Waals surface area contributed by atoms with E-state index < -0.39 is 5.91 Å². The number of benzene rings is 1. The molecule has 0 aliphatic carbocycles. The van der Waals surface area contributed by atoms with Crippen molar-refractivity contribution in [1.29, 1.82) is 0 Å². The van der Waals surface area contributed by atoms with Crippen molar-refractivity contribution in [2.75, 3.05) is 32.2 Å². The third kappa shape index (κ3) is 3.68. The Balaban J connectivity index is 2.39. The molecule has 0 spiro atoms. The lowest BCUT2D eigenvalue weighted by molar-refractivity contribution is -0.113. The van der Waals surface area contributed by atoms with E-state index in [1.165, 1.54) is 25.3 Å². The molecule has 1 aromatic carbocycles. The molecule has 5 nitrogen and oxygen atoms in total. The fraction of sp³-hybridized carbons (Fsp3) is 0.438. The van der Waals surface area contributed by atoms with Crippen LogP contribution in [0.1, 0.15) is 24.8 Å². The zero-order valence-corrected chi connectivity index (χ0v) is 12.6. The molecule has 1 saturated heterocycles. The maximum atomic E-state index is 10.9. The number of nitrogens with two attached hydrogens (primary N) is 1. The first-order valence-electron chi connectivity index (χ1n) is 7.14. The highest BCUT2D eigenvalue weighted by Crippen LogP contribution is 2.37. The summed E-state index contributed by atoms with van der Waals surface area (Å²) in [6.45, 7) is 2.05. The number of amides is 1. The number of hydrogen-bond donors (Lipinski definition) is 1. The molecule has 0 bridgehead atoms. The predicted molar refractivity (Wildman–Crippen MR) is 83.8 cm³/mol. The number of primary amides is 1. The summed E-state index contributed by atoms with van der Waals surface area (Å²) in [4.78, 5) is 13.2. The molecule has 1 fully saturated rings. The average molecular weight is 290 g/mol. The highest BCUT2D eigenvalue weighted by molar-refractivity contribution is 5.91. The van der Waals surface area contributed by atoms with Gasteiger partial charge in [0.15, 0.2) is 0 Å². The summed E-state index contributed by atoms with van der Waals surface area (Å²) in [5.41, 5.74) is 6.95. The van der Waals surface area contributed by atoms with Crippen LogP contribution in [-0.2, 0) is 4.79 Å². The zero-order chi connectivity index (χ0) is 15.2. The first-order valence-corrected chi connectivity index (χ1v) is 7.14. The van der Waals surface area contributed by atoms with E-state index in [0.29, 0.717) is 5.75 Å². The molecular weight excluding hydrogens is 268 g/mol. The highest BCUT2D eigenvalue weighted by Gasteiger charge is 2.17. The summed E-state index contributed by atoms with van der Waals surface area (Å²) in [5, 5.41) is 0. The van der Waals surface area contributed by atoms with Crippen molar-refractivity contribution in [2.45, 2.75) is 19.3 Å². The average Bonchev–Trinajstić information content (AvgIpc) is 2.52. The predicted octanol–water partition coefficient (Wildman–Crippen LogP) is 2.19. The Morgan fingerprint density at radius 1 is 1.14 bits per heavy atom. The van der Waals surface area contributed by atoms with Crippen molar-refractivity contribution in [1.82, 2.24) is 0 Å². The van der Waals surface area contributed by atoms with Crippen LogP contribution in [0, 0.1) is 0 Å². The summed E-state index contributed by atoms with van der Waals surface area (Å²) >= 11 is 0. The number of hydrogen-bond acceptors (Lipinski definition) is 4. The minimum Gasteiger partial charge on any atom is -0.496 e. The van der Waals surface area contributed by atoms with Gasteiger partial charge in [0.2, 0.25) is 5.91 Å². The molecule has 0 unspecified atom stereocenters. The molecule has 2 rings (SSSR count). The number of rotatable bonds is 5. The van der Waals surface area contributed by atoms with Gasteiger partial charge in [0.1, 0.15) is 11.5 Å². The second-order valence-electron chi connectivity index (χ2n) is 5.05. The molecule has 5 heteroatoms. The van der Waals surface area contributed by atoms with Gasteiger partial charge in [0.25, 0.3) is 0 Å². The molecule has 114 valence electrons. The molecule has 2 N–H and O–H groups in total. The van der Waals surface area contributed by atoms with E-state index in [0.717, 1.165) is 30.1 Å². The van der Waals surface area contributed by atoms with Crippen molar-refractivity contribution in [3.8, 4) is 11.5 Å². The van der Waals surface area contributed by atoms with Gasteiger partial charge in [-0.2, -0.15) is 0 Å². The van der Waals surface area contributed by atoms with Crippen LogP contribution in [0.4, 0.5) is 5.69 Å². The van der Waals surface area contributed by atoms with Crippen LogP contribution in [-0.4, -0.2) is 33.2 Å². The van der Waals surface area contributed by atoms with Crippen LogP contribution in [0.2, 0.25) is 0 Å². The molecule has 1 aliphatic rings. The van der Waals surface area contributed by atoms with Crippen LogP contribution in [0.25, 0.3) is 6.08 Å². The lowest BCUT2D eigenvalue weighted by Gasteiger charge is -2.30. The summed E-state index contributed by atoms with van der Waals surface area (Å²) < 4.78 is 10.9. The number of methoxy groups -OCH3 is 2. The summed E-state index contributed by atoms with van der Waals surface area (Å²) in [6, 6.07) is 3.84. The molecule has 0 atom stereocenters. The van der Waals surface area contributed by atoms with E-state index in [-0.39, 0.29) is 0 Å². The Hall–Kier alpha value is -2.17. The van der Waals surface area contributed by atoms with Gasteiger partial charge >= 0.3 is 0 Å². The van der Waals surface area contributed by atoms with Gasteiger partial charge in [-0.3, -0.25) is 4.79 Å². The zero-order valence-electron chi connectivity index (χ0n) is 12.6. The third-order valence-corrected chi connectivity index (χ3v) is 3.66. The monoisotopic (exact) mass is 290 g/mol. The number of carbonyl (C=O) groups excluding carboxylic acids is 1. The molecule has 1 aliphatic heterocycles. The highest BCUT2D eigenvalue weighted by atomic mass is 16.5. The van der Waals surface area contributed by atoms with Crippen LogP contribution in [0.5, 0.6) is 11.5 Å². The maximum Gasteiger partial charge on any atom is 0.241 e. The van der Waals surface area contributed by atoms with E-state index in [1.807, 2.05) is 12.1 Å². The Morgan fingerprint density at radius 3 is 2.38 bits per heavy atom. The van der Waals surface area contributed by atoms with Crippen molar-refractivity contribution >= 4 is 17.7 Å². The molecule has 1 aromatic rings. The van der Waals surface area contributed by atoms with Gasteiger partial charge in [-0.1, -0.05) is 0 Å². The number of piperidine rings is 1. The molecule has 1 heterocycles. The van der Waals surface area contributed by atoms with Crippen LogP contribution in [0.15, 0.2) is 18.2 Å². The normalized spacial score (nSPS) is 15.2. The Kier molecular flexibility index (Phi) is 5.09. The number of ether oxygens (including phenoxy) is 2. The minimum absolute atomic E-state index is 0.490. The molecule has 0 radical (unpaired) electrons. The summed E-state index contributed by atoms with van der Waals surface area (Å²) in [7, 11) is 3.26. The fourth-order valence-electron chi connectivity index (χ4n) is 2.59. The molecule has 0 aromatic heterocycles. The molecular formula is C16H22N2O3. The smallest absolute Gasteiger partial charge is 0.241 e. The molecule has 0 saturated carbocycles. The lowest BCUT2D eigenvalue weighted by atomic mass is 10.1. The Labute approximate surface area is 125 Å². The molecule has 21 heavy (non-hydrogen) atoms. The van der Waals surface area contributed by atoms with Gasteiger partial charge in [-0.25, -0.2) is 0 Å². The van der Waals surface area contributed by atoms with Crippen molar-refractivity contribution in [3.05, 3.63) is 23.8 Å². The van der Waals surface area contributed by atoms with Crippen molar-refractivity contribution in [2.24, 2.45) is 5.73 Å². The van der Waals surface area contributed by atoms with E-state index >= 15 is 0 Å². The van der Waals surface area contributed by atoms with Crippen molar-refractivity contribution in [3.63, 3.8) is 0 Å². The van der Waals surface area contributed by atoms with Gasteiger partial charge in [0.05, 0.1) is 19.9 Å². The van der Waals surface area contributed by atoms with Gasteiger partial charge in [-0.05, 0) is 31.4 Å². The largest absolute Gasteiger partial charge is 0.496 e.